The van der Waals surface area contributed by atoms with Crippen LogP contribution in [0.5, 0.6) is 0 Å². The number of hydrogen-bond acceptors (Lipinski definition) is 2. The molecule has 0 aliphatic heterocycles. The fourth-order valence-corrected chi connectivity index (χ4v) is 11.5. The molecule has 0 fully saturated rings. The lowest BCUT2D eigenvalue weighted by molar-refractivity contribution is 1.10. The number of rotatable bonds is 6. The van der Waals surface area contributed by atoms with Gasteiger partial charge in [-0.25, -0.2) is 9.97 Å². The number of benzene rings is 12. The lowest BCUT2D eigenvalue weighted by atomic mass is 9.86. The second kappa shape index (κ2) is 15.1. The third-order valence-corrected chi connectivity index (χ3v) is 14.7. The van der Waals surface area contributed by atoms with Crippen molar-refractivity contribution >= 4 is 65.2 Å². The van der Waals surface area contributed by atoms with Gasteiger partial charge < -0.3 is 0 Å². The van der Waals surface area contributed by atoms with Crippen molar-refractivity contribution in [1.29, 1.82) is 0 Å². The Bertz CT molecular complexity index is 4420. The van der Waals surface area contributed by atoms with Gasteiger partial charge in [-0.3, -0.25) is 9.13 Å². The van der Waals surface area contributed by atoms with Crippen molar-refractivity contribution in [3.63, 3.8) is 0 Å². The molecule has 15 rings (SSSR count). The Morgan fingerprint density at radius 2 is 0.671 bits per heavy atom. The van der Waals surface area contributed by atoms with E-state index in [1.54, 1.807) is 0 Å². The summed E-state index contributed by atoms with van der Waals surface area (Å²) in [6.07, 6.45) is 0. The molecule has 0 N–H and O–H groups in total. The summed E-state index contributed by atoms with van der Waals surface area (Å²) in [5.74, 6) is 1.86. The molecule has 4 heteroatoms. The average Bonchev–Trinajstić information content (AvgIpc) is 4.12. The third kappa shape index (κ3) is 5.77. The summed E-state index contributed by atoms with van der Waals surface area (Å²) in [6, 6.07) is 88.3. The van der Waals surface area contributed by atoms with Gasteiger partial charge in [-0.2, -0.15) is 0 Å². The first-order chi connectivity index (χ1) is 34.7. The monoisotopic (exact) mass is 888 g/mol. The molecule has 0 saturated heterocycles. The summed E-state index contributed by atoms with van der Waals surface area (Å²) in [7, 11) is 0. The zero-order valence-electron chi connectivity index (χ0n) is 37.9. The van der Waals surface area contributed by atoms with Gasteiger partial charge in [-0.15, -0.1) is 0 Å². The maximum atomic E-state index is 5.14. The van der Waals surface area contributed by atoms with Crippen molar-refractivity contribution in [2.75, 3.05) is 0 Å². The van der Waals surface area contributed by atoms with E-state index in [1.807, 2.05) is 0 Å². The molecule has 12 aromatic carbocycles. The van der Waals surface area contributed by atoms with Gasteiger partial charge in [-0.05, 0) is 160 Å². The van der Waals surface area contributed by atoms with Crippen LogP contribution >= 0.6 is 0 Å². The Balaban J connectivity index is 0.942. The van der Waals surface area contributed by atoms with Gasteiger partial charge >= 0.3 is 0 Å². The Labute approximate surface area is 403 Å². The van der Waals surface area contributed by atoms with E-state index in [9.17, 15) is 0 Å². The van der Waals surface area contributed by atoms with E-state index in [4.69, 9.17) is 9.97 Å². The Hall–Kier alpha value is -9.38. The molecule has 4 nitrogen and oxygen atoms in total. The number of imidazole rings is 2. The van der Waals surface area contributed by atoms with Gasteiger partial charge in [0.25, 0.3) is 0 Å². The molecule has 0 saturated carbocycles. The highest BCUT2D eigenvalue weighted by atomic mass is 15.1. The highest BCUT2D eigenvalue weighted by Crippen LogP contribution is 2.51. The predicted octanol–water partition coefficient (Wildman–Crippen LogP) is 17.3. The third-order valence-electron chi connectivity index (χ3n) is 14.7. The highest BCUT2D eigenvalue weighted by molar-refractivity contribution is 6.27. The molecule has 0 spiro atoms. The van der Waals surface area contributed by atoms with Crippen LogP contribution in [0.15, 0.2) is 243 Å². The SMILES string of the molecule is c1ccc(-c2nc3ccccc3n2-c2ccc(-c3cc4c5cc6c(cc5c(-c5ccc(-n7c(-c8ccccc8)nc8ccccc87)cc5)cc4c4ccccc34)-c3cccc4cccc-6c34)cc2)cc1. The van der Waals surface area contributed by atoms with Crippen molar-refractivity contribution in [3.8, 4) is 78.7 Å². The van der Waals surface area contributed by atoms with Crippen LogP contribution in [0.25, 0.3) is 144 Å². The molecule has 70 heavy (non-hydrogen) atoms. The minimum absolute atomic E-state index is 0.930. The van der Waals surface area contributed by atoms with Crippen LogP contribution in [0.4, 0.5) is 0 Å². The van der Waals surface area contributed by atoms with Crippen LogP contribution in [-0.2, 0) is 0 Å². The van der Waals surface area contributed by atoms with Crippen LogP contribution in [-0.4, -0.2) is 19.1 Å². The average molecular weight is 889 g/mol. The number of fused-ring (bicyclic) bond motifs is 10. The molecule has 0 atom stereocenters. The number of hydrogen-bond donors (Lipinski definition) is 0. The molecule has 0 radical (unpaired) electrons. The molecule has 2 heterocycles. The minimum atomic E-state index is 0.930. The van der Waals surface area contributed by atoms with E-state index in [2.05, 4.69) is 252 Å². The van der Waals surface area contributed by atoms with E-state index >= 15 is 0 Å². The zero-order valence-corrected chi connectivity index (χ0v) is 37.9. The normalized spacial score (nSPS) is 12.0. The second-order valence-electron chi connectivity index (χ2n) is 18.5. The van der Waals surface area contributed by atoms with Gasteiger partial charge in [0.15, 0.2) is 0 Å². The molecule has 0 amide bonds. The maximum Gasteiger partial charge on any atom is 0.145 e. The lowest BCUT2D eigenvalue weighted by Gasteiger charge is -2.18. The van der Waals surface area contributed by atoms with E-state index in [0.717, 1.165) is 56.2 Å². The first-order valence-corrected chi connectivity index (χ1v) is 24.0. The molecule has 324 valence electrons. The molecular formula is C66H40N4. The zero-order chi connectivity index (χ0) is 45.9. The van der Waals surface area contributed by atoms with Crippen molar-refractivity contribution in [2.24, 2.45) is 0 Å². The molecular weight excluding hydrogens is 849 g/mol. The van der Waals surface area contributed by atoms with Gasteiger partial charge in [-0.1, -0.05) is 170 Å². The largest absolute Gasteiger partial charge is 0.292 e. The number of aromatic nitrogens is 4. The van der Waals surface area contributed by atoms with Crippen LogP contribution in [0, 0.1) is 0 Å². The Morgan fingerprint density at radius 1 is 0.257 bits per heavy atom. The molecule has 2 aromatic heterocycles. The topological polar surface area (TPSA) is 35.6 Å². The summed E-state index contributed by atoms with van der Waals surface area (Å²) in [5, 5.41) is 10.0. The lowest BCUT2D eigenvalue weighted by Crippen LogP contribution is -1.98. The van der Waals surface area contributed by atoms with Crippen molar-refractivity contribution in [1.82, 2.24) is 19.1 Å². The van der Waals surface area contributed by atoms with E-state index in [1.165, 1.54) is 87.6 Å². The van der Waals surface area contributed by atoms with Gasteiger partial charge in [0, 0.05) is 22.5 Å². The smallest absolute Gasteiger partial charge is 0.145 e. The summed E-state index contributed by atoms with van der Waals surface area (Å²) in [6.45, 7) is 0. The fraction of sp³-hybridized carbons (Fsp3) is 0. The van der Waals surface area contributed by atoms with Gasteiger partial charge in [0.1, 0.15) is 11.6 Å². The van der Waals surface area contributed by atoms with Crippen LogP contribution in [0.1, 0.15) is 0 Å². The summed E-state index contributed by atoms with van der Waals surface area (Å²) in [5.41, 5.74) is 18.3. The second-order valence-corrected chi connectivity index (χ2v) is 18.5. The van der Waals surface area contributed by atoms with Crippen molar-refractivity contribution < 1.29 is 0 Å². The van der Waals surface area contributed by atoms with Crippen LogP contribution in [0.3, 0.4) is 0 Å². The standard InChI is InChI=1S/C66H40N4/c1-3-15-44(16-4-1)65-67-60-25-9-11-27-62(60)69(65)46-33-29-41(30-34-46)52-37-58-54(49-22-8-7-21-48(49)52)38-53(57-39-55-50-23-13-19-43-20-14-24-51(64(43)50)56(55)40-59(57)58)42-31-35-47(36-32-42)70-63-28-12-10-26-61(63)68-66(70)45-17-5-2-6-18-45/h1-40H. The summed E-state index contributed by atoms with van der Waals surface area (Å²) in [4.78, 5) is 10.3. The highest BCUT2D eigenvalue weighted by Gasteiger charge is 2.25. The van der Waals surface area contributed by atoms with Gasteiger partial charge in [0.2, 0.25) is 0 Å². The number of para-hydroxylation sites is 4. The predicted molar refractivity (Wildman–Crippen MR) is 292 cm³/mol. The molecule has 1 aliphatic rings. The molecule has 0 bridgehead atoms. The van der Waals surface area contributed by atoms with Crippen LogP contribution < -0.4 is 0 Å². The van der Waals surface area contributed by atoms with Crippen LogP contribution in [0.2, 0.25) is 0 Å². The first-order valence-electron chi connectivity index (χ1n) is 24.0. The molecule has 14 aromatic rings. The minimum Gasteiger partial charge on any atom is -0.292 e. The van der Waals surface area contributed by atoms with E-state index in [-0.39, 0.29) is 0 Å². The fourth-order valence-electron chi connectivity index (χ4n) is 11.5. The van der Waals surface area contributed by atoms with E-state index in [0.29, 0.717) is 0 Å². The quantitative estimate of drug-likeness (QED) is 0.156. The molecule has 1 aliphatic carbocycles. The number of nitrogens with zero attached hydrogens (tertiary/aromatic N) is 4. The van der Waals surface area contributed by atoms with Gasteiger partial charge in [0.05, 0.1) is 22.1 Å². The maximum absolute atomic E-state index is 5.14. The first kappa shape index (κ1) is 38.7. The molecule has 0 unspecified atom stereocenters. The van der Waals surface area contributed by atoms with E-state index < -0.39 is 0 Å². The van der Waals surface area contributed by atoms with Crippen molar-refractivity contribution in [3.05, 3.63) is 243 Å². The van der Waals surface area contributed by atoms with Crippen molar-refractivity contribution in [2.45, 2.75) is 0 Å². The Kier molecular flexibility index (Phi) is 8.33. The summed E-state index contributed by atoms with van der Waals surface area (Å²) >= 11 is 0. The summed E-state index contributed by atoms with van der Waals surface area (Å²) < 4.78 is 4.58. The Morgan fingerprint density at radius 3 is 1.21 bits per heavy atom.